The summed E-state index contributed by atoms with van der Waals surface area (Å²) in [4.78, 5) is 17.4. The van der Waals surface area contributed by atoms with Crippen LogP contribution < -0.4 is 16.0 Å². The third kappa shape index (κ3) is 7.61. The predicted molar refractivity (Wildman–Crippen MR) is 110 cm³/mol. The second-order valence-electron chi connectivity index (χ2n) is 5.56. The lowest BCUT2D eigenvalue weighted by Crippen LogP contribution is -2.39. The molecule has 5 nitrogen and oxygen atoms in total. The molecule has 0 radical (unpaired) electrons. The first-order valence-electron chi connectivity index (χ1n) is 8.75. The Morgan fingerprint density at radius 2 is 1.50 bits per heavy atom. The molecule has 0 aliphatic heterocycles. The largest absolute Gasteiger partial charge is 0.356 e. The minimum atomic E-state index is -0.0361. The van der Waals surface area contributed by atoms with Gasteiger partial charge in [-0.25, -0.2) is 0 Å². The molecule has 1 amide bonds. The lowest BCUT2D eigenvalue weighted by molar-refractivity contribution is 0.0953. The molecule has 0 saturated carbocycles. The van der Waals surface area contributed by atoms with Crippen LogP contribution in [0, 0.1) is 0 Å². The summed E-state index contributed by atoms with van der Waals surface area (Å²) < 4.78 is 0. The van der Waals surface area contributed by atoms with Crippen molar-refractivity contribution in [3.63, 3.8) is 0 Å². The van der Waals surface area contributed by atoms with E-state index >= 15 is 0 Å². The van der Waals surface area contributed by atoms with Crippen molar-refractivity contribution >= 4 is 23.6 Å². The number of hydrogen-bond donors (Lipinski definition) is 3. The van der Waals surface area contributed by atoms with Crippen LogP contribution in [0.5, 0.6) is 0 Å². The molecule has 2 rings (SSSR count). The van der Waals surface area contributed by atoms with Crippen LogP contribution >= 0.6 is 11.8 Å². The van der Waals surface area contributed by atoms with Gasteiger partial charge in [0, 0.05) is 42.9 Å². The molecule has 2 aromatic carbocycles. The number of hydrogen-bond acceptors (Lipinski definition) is 3. The SMILES string of the molecule is CN=C(NCCCNC(=O)c1ccccc1)NCCSc1ccccc1. The van der Waals surface area contributed by atoms with E-state index in [1.165, 1.54) is 4.90 Å². The average Bonchev–Trinajstić information content (AvgIpc) is 2.70. The monoisotopic (exact) mass is 370 g/mol. The van der Waals surface area contributed by atoms with Crippen molar-refractivity contribution < 1.29 is 4.79 Å². The molecule has 0 atom stereocenters. The Bertz CT molecular complexity index is 677. The predicted octanol–water partition coefficient (Wildman–Crippen LogP) is 2.76. The fraction of sp³-hybridized carbons (Fsp3) is 0.300. The van der Waals surface area contributed by atoms with Crippen LogP contribution in [0.2, 0.25) is 0 Å². The molecule has 138 valence electrons. The van der Waals surface area contributed by atoms with Crippen molar-refractivity contribution in [2.24, 2.45) is 4.99 Å². The zero-order valence-corrected chi connectivity index (χ0v) is 15.9. The summed E-state index contributed by atoms with van der Waals surface area (Å²) >= 11 is 1.81. The van der Waals surface area contributed by atoms with Crippen LogP contribution in [0.15, 0.2) is 70.6 Å². The Hall–Kier alpha value is -2.47. The summed E-state index contributed by atoms with van der Waals surface area (Å²) in [5, 5.41) is 9.47. The highest BCUT2D eigenvalue weighted by atomic mass is 32.2. The number of amides is 1. The second-order valence-corrected chi connectivity index (χ2v) is 6.73. The van der Waals surface area contributed by atoms with Gasteiger partial charge in [-0.2, -0.15) is 0 Å². The second kappa shape index (κ2) is 12.0. The van der Waals surface area contributed by atoms with Crippen molar-refractivity contribution in [1.82, 2.24) is 16.0 Å². The highest BCUT2D eigenvalue weighted by Gasteiger charge is 2.03. The first kappa shape index (κ1) is 19.8. The molecule has 0 aliphatic rings. The number of guanidine groups is 1. The number of carbonyl (C=O) groups is 1. The number of nitrogens with one attached hydrogen (secondary N) is 3. The third-order valence-electron chi connectivity index (χ3n) is 3.60. The van der Waals surface area contributed by atoms with Crippen molar-refractivity contribution in [1.29, 1.82) is 0 Å². The fourth-order valence-corrected chi connectivity index (χ4v) is 3.05. The van der Waals surface area contributed by atoms with Gasteiger partial charge >= 0.3 is 0 Å². The molecule has 2 aromatic rings. The highest BCUT2D eigenvalue weighted by Crippen LogP contribution is 2.15. The first-order chi connectivity index (χ1) is 12.8. The molecule has 0 heterocycles. The van der Waals surface area contributed by atoms with Crippen LogP contribution in [-0.4, -0.2) is 44.3 Å². The Kier molecular flexibility index (Phi) is 9.14. The average molecular weight is 371 g/mol. The van der Waals surface area contributed by atoms with Gasteiger partial charge in [0.15, 0.2) is 5.96 Å². The molecule has 0 spiro atoms. The minimum absolute atomic E-state index is 0.0361. The molecule has 3 N–H and O–H groups in total. The van der Waals surface area contributed by atoms with Crippen molar-refractivity contribution in [2.45, 2.75) is 11.3 Å². The number of benzene rings is 2. The lowest BCUT2D eigenvalue weighted by atomic mass is 10.2. The van der Waals surface area contributed by atoms with E-state index in [9.17, 15) is 4.79 Å². The van der Waals surface area contributed by atoms with E-state index in [1.54, 1.807) is 7.05 Å². The molecular formula is C20H26N4OS. The highest BCUT2D eigenvalue weighted by molar-refractivity contribution is 7.99. The van der Waals surface area contributed by atoms with Crippen LogP contribution in [-0.2, 0) is 0 Å². The molecule has 0 fully saturated rings. The summed E-state index contributed by atoms with van der Waals surface area (Å²) in [6, 6.07) is 19.6. The third-order valence-corrected chi connectivity index (χ3v) is 4.61. The van der Waals surface area contributed by atoms with Gasteiger partial charge in [0.05, 0.1) is 0 Å². The summed E-state index contributed by atoms with van der Waals surface area (Å²) in [6.07, 6.45) is 0.831. The van der Waals surface area contributed by atoms with E-state index < -0.39 is 0 Å². The lowest BCUT2D eigenvalue weighted by Gasteiger charge is -2.12. The summed E-state index contributed by atoms with van der Waals surface area (Å²) in [5.74, 6) is 1.72. The van der Waals surface area contributed by atoms with Gasteiger partial charge < -0.3 is 16.0 Å². The van der Waals surface area contributed by atoms with Crippen LogP contribution in [0.25, 0.3) is 0 Å². The molecule has 26 heavy (non-hydrogen) atoms. The summed E-state index contributed by atoms with van der Waals surface area (Å²) in [5.41, 5.74) is 0.689. The van der Waals surface area contributed by atoms with E-state index in [0.29, 0.717) is 12.1 Å². The van der Waals surface area contributed by atoms with Crippen molar-refractivity contribution in [3.05, 3.63) is 66.2 Å². The van der Waals surface area contributed by atoms with E-state index in [2.05, 4.69) is 33.1 Å². The Balaban J connectivity index is 1.54. The van der Waals surface area contributed by atoms with Crippen molar-refractivity contribution in [3.8, 4) is 0 Å². The maximum atomic E-state index is 11.9. The van der Waals surface area contributed by atoms with Gasteiger partial charge in [0.25, 0.3) is 5.91 Å². The van der Waals surface area contributed by atoms with Gasteiger partial charge in [-0.15, -0.1) is 11.8 Å². The van der Waals surface area contributed by atoms with Crippen LogP contribution in [0.1, 0.15) is 16.8 Å². The molecule has 0 aliphatic carbocycles. The molecular weight excluding hydrogens is 344 g/mol. The molecule has 6 heteroatoms. The summed E-state index contributed by atoms with van der Waals surface area (Å²) in [7, 11) is 1.76. The Morgan fingerprint density at radius 1 is 0.885 bits per heavy atom. The van der Waals surface area contributed by atoms with Gasteiger partial charge in [-0.3, -0.25) is 9.79 Å². The standard InChI is InChI=1S/C20H26N4OS/c1-21-20(24-15-16-26-18-11-6-3-7-12-18)23-14-8-13-22-19(25)17-9-4-2-5-10-17/h2-7,9-12H,8,13-16H2,1H3,(H,22,25)(H2,21,23,24). The molecule has 0 unspecified atom stereocenters. The topological polar surface area (TPSA) is 65.5 Å². The minimum Gasteiger partial charge on any atom is -0.356 e. The van der Waals surface area contributed by atoms with E-state index in [0.717, 1.165) is 31.2 Å². The van der Waals surface area contributed by atoms with Crippen LogP contribution in [0.3, 0.4) is 0 Å². The van der Waals surface area contributed by atoms with Crippen LogP contribution in [0.4, 0.5) is 0 Å². The van der Waals surface area contributed by atoms with Gasteiger partial charge in [0.1, 0.15) is 0 Å². The van der Waals surface area contributed by atoms with Crippen molar-refractivity contribution in [2.75, 3.05) is 32.4 Å². The van der Waals surface area contributed by atoms with E-state index in [-0.39, 0.29) is 5.91 Å². The Morgan fingerprint density at radius 3 is 2.19 bits per heavy atom. The molecule has 0 aromatic heterocycles. The van der Waals surface area contributed by atoms with Gasteiger partial charge in [-0.05, 0) is 30.7 Å². The zero-order valence-electron chi connectivity index (χ0n) is 15.1. The summed E-state index contributed by atoms with van der Waals surface area (Å²) in [6.45, 7) is 2.21. The number of nitrogens with zero attached hydrogens (tertiary/aromatic N) is 1. The molecule has 0 saturated heterocycles. The number of carbonyl (C=O) groups excluding carboxylic acids is 1. The van der Waals surface area contributed by atoms with Gasteiger partial charge in [0.2, 0.25) is 0 Å². The number of thioether (sulfide) groups is 1. The smallest absolute Gasteiger partial charge is 0.251 e. The maximum Gasteiger partial charge on any atom is 0.251 e. The fourth-order valence-electron chi connectivity index (χ4n) is 2.26. The normalized spacial score (nSPS) is 11.0. The number of rotatable bonds is 9. The quantitative estimate of drug-likeness (QED) is 0.275. The molecule has 0 bridgehead atoms. The maximum absolute atomic E-state index is 11.9. The van der Waals surface area contributed by atoms with E-state index in [1.807, 2.05) is 60.3 Å². The van der Waals surface area contributed by atoms with Gasteiger partial charge in [-0.1, -0.05) is 36.4 Å². The Labute approximate surface area is 159 Å². The van der Waals surface area contributed by atoms with E-state index in [4.69, 9.17) is 0 Å². The number of aliphatic imine (C=N–C) groups is 1. The first-order valence-corrected chi connectivity index (χ1v) is 9.74. The zero-order chi connectivity index (χ0) is 18.5.